The van der Waals surface area contributed by atoms with Crippen LogP contribution in [0.5, 0.6) is 5.75 Å². The fraction of sp³-hybridized carbons (Fsp3) is 0.240. The fourth-order valence-electron chi connectivity index (χ4n) is 3.75. The lowest BCUT2D eigenvalue weighted by Gasteiger charge is -2.36. The topological polar surface area (TPSA) is 98.8 Å². The third kappa shape index (κ3) is 6.17. The normalized spacial score (nSPS) is 13.2. The Hall–Kier alpha value is -4.41. The van der Waals surface area contributed by atoms with Gasteiger partial charge in [0, 0.05) is 43.6 Å². The van der Waals surface area contributed by atoms with Crippen LogP contribution in [0, 0.1) is 11.6 Å². The van der Waals surface area contributed by atoms with Crippen molar-refractivity contribution in [3.8, 4) is 5.75 Å². The number of benzene rings is 2. The van der Waals surface area contributed by atoms with E-state index in [1.54, 1.807) is 29.2 Å². The van der Waals surface area contributed by atoms with Gasteiger partial charge in [-0.3, -0.25) is 5.32 Å². The van der Waals surface area contributed by atoms with E-state index < -0.39 is 17.7 Å². The van der Waals surface area contributed by atoms with E-state index in [0.29, 0.717) is 56.0 Å². The molecule has 0 atom stereocenters. The summed E-state index contributed by atoms with van der Waals surface area (Å²) in [4.78, 5) is 32.1. The zero-order chi connectivity index (χ0) is 25.5. The summed E-state index contributed by atoms with van der Waals surface area (Å²) in [5, 5.41) is 7.96. The van der Waals surface area contributed by atoms with Crippen LogP contribution in [0.1, 0.15) is 6.92 Å². The first-order valence-electron chi connectivity index (χ1n) is 11.4. The molecule has 36 heavy (non-hydrogen) atoms. The molecule has 2 heterocycles. The second-order valence-corrected chi connectivity index (χ2v) is 7.94. The van der Waals surface area contributed by atoms with Gasteiger partial charge in [0.05, 0.1) is 18.5 Å². The molecule has 0 spiro atoms. The second kappa shape index (κ2) is 11.3. The Morgan fingerprint density at radius 2 is 1.69 bits per heavy atom. The highest BCUT2D eigenvalue weighted by Crippen LogP contribution is 2.24. The molecule has 9 nitrogen and oxygen atoms in total. The summed E-state index contributed by atoms with van der Waals surface area (Å²) >= 11 is 0. The zero-order valence-corrected chi connectivity index (χ0v) is 19.6. The molecule has 4 amide bonds. The molecular formula is C25H26F2N6O3. The highest BCUT2D eigenvalue weighted by Gasteiger charge is 2.22. The van der Waals surface area contributed by atoms with Gasteiger partial charge in [-0.1, -0.05) is 12.1 Å². The Morgan fingerprint density at radius 3 is 2.39 bits per heavy atom. The maximum absolute atomic E-state index is 13.8. The number of anilines is 4. The number of hydrogen-bond donors (Lipinski definition) is 3. The monoisotopic (exact) mass is 496 g/mol. The summed E-state index contributed by atoms with van der Waals surface area (Å²) in [5.41, 5.74) is 2.14. The van der Waals surface area contributed by atoms with E-state index in [1.807, 2.05) is 31.2 Å². The number of para-hydroxylation sites is 2. The van der Waals surface area contributed by atoms with Gasteiger partial charge in [-0.15, -0.1) is 0 Å². The lowest BCUT2D eigenvalue weighted by Crippen LogP contribution is -2.50. The highest BCUT2D eigenvalue weighted by atomic mass is 19.1. The van der Waals surface area contributed by atoms with Gasteiger partial charge in [0.25, 0.3) is 0 Å². The first-order valence-corrected chi connectivity index (χ1v) is 11.4. The van der Waals surface area contributed by atoms with Crippen molar-refractivity contribution >= 4 is 34.9 Å². The van der Waals surface area contributed by atoms with Crippen molar-refractivity contribution in [1.29, 1.82) is 0 Å². The summed E-state index contributed by atoms with van der Waals surface area (Å²) < 4.78 is 32.3. The number of urea groups is 2. The van der Waals surface area contributed by atoms with Crippen LogP contribution >= 0.6 is 0 Å². The number of pyridine rings is 1. The average Bonchev–Trinajstić information content (AvgIpc) is 2.87. The molecule has 1 saturated heterocycles. The lowest BCUT2D eigenvalue weighted by molar-refractivity contribution is 0.208. The third-order valence-corrected chi connectivity index (χ3v) is 5.53. The predicted molar refractivity (Wildman–Crippen MR) is 134 cm³/mol. The smallest absolute Gasteiger partial charge is 0.323 e. The Bertz CT molecular complexity index is 1220. The SMILES string of the molecule is CCOc1ccccc1NC(=O)Nc1ccc(N2CCN(C(=O)Nc3ncc(F)cc3F)CC2)cc1. The van der Waals surface area contributed by atoms with Gasteiger partial charge >= 0.3 is 12.1 Å². The number of ether oxygens (including phenoxy) is 1. The first-order chi connectivity index (χ1) is 17.4. The third-order valence-electron chi connectivity index (χ3n) is 5.53. The number of rotatable bonds is 6. The summed E-state index contributed by atoms with van der Waals surface area (Å²) in [7, 11) is 0. The van der Waals surface area contributed by atoms with Gasteiger partial charge in [-0.05, 0) is 43.3 Å². The fourth-order valence-corrected chi connectivity index (χ4v) is 3.75. The summed E-state index contributed by atoms with van der Waals surface area (Å²) in [6.07, 6.45) is 0.846. The van der Waals surface area contributed by atoms with E-state index >= 15 is 0 Å². The van der Waals surface area contributed by atoms with Gasteiger partial charge in [0.1, 0.15) is 11.6 Å². The highest BCUT2D eigenvalue weighted by molar-refractivity contribution is 6.00. The maximum Gasteiger partial charge on any atom is 0.323 e. The van der Waals surface area contributed by atoms with Crippen LogP contribution in [0.2, 0.25) is 0 Å². The standard InChI is InChI=1S/C25H26F2N6O3/c1-2-36-22-6-4-3-5-21(22)30-24(34)29-18-7-9-19(10-8-18)32-11-13-33(14-12-32)25(35)31-23-20(27)15-17(26)16-28-23/h3-10,15-16H,2,11-14H2,1H3,(H,28,31,35)(H2,29,30,34). The molecule has 4 rings (SSSR count). The Morgan fingerprint density at radius 1 is 0.972 bits per heavy atom. The molecule has 0 aliphatic carbocycles. The molecule has 0 bridgehead atoms. The van der Waals surface area contributed by atoms with E-state index in [0.717, 1.165) is 11.9 Å². The predicted octanol–water partition coefficient (Wildman–Crippen LogP) is 4.76. The molecule has 2 aromatic carbocycles. The quantitative estimate of drug-likeness (QED) is 0.457. The lowest BCUT2D eigenvalue weighted by atomic mass is 10.2. The number of halogens is 2. The van der Waals surface area contributed by atoms with Gasteiger partial charge in [0.15, 0.2) is 11.6 Å². The molecule has 0 unspecified atom stereocenters. The van der Waals surface area contributed by atoms with Crippen LogP contribution in [-0.2, 0) is 0 Å². The Kier molecular flexibility index (Phi) is 7.79. The molecule has 3 N–H and O–H groups in total. The largest absolute Gasteiger partial charge is 0.492 e. The van der Waals surface area contributed by atoms with Gasteiger partial charge < -0.3 is 25.2 Å². The summed E-state index contributed by atoms with van der Waals surface area (Å²) in [6.45, 7) is 4.32. The molecule has 0 saturated carbocycles. The van der Waals surface area contributed by atoms with Crippen LogP contribution in [0.3, 0.4) is 0 Å². The van der Waals surface area contributed by atoms with Crippen molar-refractivity contribution in [1.82, 2.24) is 9.88 Å². The molecule has 1 aliphatic rings. The zero-order valence-electron chi connectivity index (χ0n) is 19.6. The number of aromatic nitrogens is 1. The van der Waals surface area contributed by atoms with Crippen LogP contribution < -0.4 is 25.6 Å². The molecule has 11 heteroatoms. The number of piperazine rings is 1. The van der Waals surface area contributed by atoms with Crippen molar-refractivity contribution in [3.63, 3.8) is 0 Å². The number of amides is 4. The molecule has 3 aromatic rings. The number of hydrogen-bond acceptors (Lipinski definition) is 5. The van der Waals surface area contributed by atoms with Gasteiger partial charge in [-0.2, -0.15) is 0 Å². The summed E-state index contributed by atoms with van der Waals surface area (Å²) in [6, 6.07) is 14.4. The minimum Gasteiger partial charge on any atom is -0.492 e. The number of carbonyl (C=O) groups is 2. The van der Waals surface area contributed by atoms with Crippen molar-refractivity contribution < 1.29 is 23.1 Å². The molecule has 188 valence electrons. The number of carbonyl (C=O) groups excluding carboxylic acids is 2. The van der Waals surface area contributed by atoms with E-state index in [2.05, 4.69) is 25.8 Å². The van der Waals surface area contributed by atoms with Crippen LogP contribution in [0.4, 0.5) is 41.2 Å². The van der Waals surface area contributed by atoms with E-state index in [1.165, 1.54) is 0 Å². The van der Waals surface area contributed by atoms with Crippen molar-refractivity contribution in [2.75, 3.05) is 53.6 Å². The molecule has 0 radical (unpaired) electrons. The van der Waals surface area contributed by atoms with Crippen molar-refractivity contribution in [3.05, 3.63) is 72.4 Å². The first kappa shape index (κ1) is 24.7. The number of nitrogens with one attached hydrogen (secondary N) is 3. The summed E-state index contributed by atoms with van der Waals surface area (Å²) in [5.74, 6) is -1.45. The van der Waals surface area contributed by atoms with Crippen LogP contribution in [0.15, 0.2) is 60.8 Å². The second-order valence-electron chi connectivity index (χ2n) is 7.94. The number of nitrogens with zero attached hydrogens (tertiary/aromatic N) is 3. The minimum atomic E-state index is -0.928. The average molecular weight is 497 g/mol. The van der Waals surface area contributed by atoms with Crippen LogP contribution in [0.25, 0.3) is 0 Å². The van der Waals surface area contributed by atoms with E-state index in [-0.39, 0.29) is 11.8 Å². The van der Waals surface area contributed by atoms with E-state index in [9.17, 15) is 18.4 Å². The Labute approximate surface area is 207 Å². The van der Waals surface area contributed by atoms with Crippen LogP contribution in [-0.4, -0.2) is 54.7 Å². The van der Waals surface area contributed by atoms with Gasteiger partial charge in [0.2, 0.25) is 0 Å². The van der Waals surface area contributed by atoms with Crippen molar-refractivity contribution in [2.24, 2.45) is 0 Å². The van der Waals surface area contributed by atoms with Crippen molar-refractivity contribution in [2.45, 2.75) is 6.92 Å². The molecular weight excluding hydrogens is 470 g/mol. The molecule has 1 aromatic heterocycles. The minimum absolute atomic E-state index is 0.308. The Balaban J connectivity index is 1.27. The maximum atomic E-state index is 13.8. The molecule has 1 aliphatic heterocycles. The van der Waals surface area contributed by atoms with Gasteiger partial charge in [-0.25, -0.2) is 23.4 Å². The molecule has 1 fully saturated rings. The van der Waals surface area contributed by atoms with E-state index in [4.69, 9.17) is 4.74 Å².